The molecular weight excluding hydrogens is 484 g/mol. The van der Waals surface area contributed by atoms with Crippen LogP contribution in [0.15, 0.2) is 34.9 Å². The summed E-state index contributed by atoms with van der Waals surface area (Å²) in [6.45, 7) is -0.386. The fraction of sp³-hybridized carbons (Fsp3) is 0.560. The lowest BCUT2D eigenvalue weighted by Crippen LogP contribution is -2.57. The van der Waals surface area contributed by atoms with E-state index in [1.54, 1.807) is 12.1 Å². The van der Waals surface area contributed by atoms with Crippen LogP contribution in [0.5, 0.6) is 11.5 Å². The summed E-state index contributed by atoms with van der Waals surface area (Å²) in [7, 11) is 0. The lowest BCUT2D eigenvalue weighted by molar-refractivity contribution is -0.586. The zero-order valence-corrected chi connectivity index (χ0v) is 20.4. The summed E-state index contributed by atoms with van der Waals surface area (Å²) >= 11 is 0. The average Bonchev–Trinajstić information content (AvgIpc) is 3.47. The van der Waals surface area contributed by atoms with Gasteiger partial charge in [-0.3, -0.25) is 25.5 Å². The first kappa shape index (κ1) is 24.8. The fourth-order valence-electron chi connectivity index (χ4n) is 5.66. The molecule has 2 N–H and O–H groups in total. The van der Waals surface area contributed by atoms with Crippen molar-refractivity contribution in [2.24, 2.45) is 0 Å². The zero-order valence-electron chi connectivity index (χ0n) is 20.4. The summed E-state index contributed by atoms with van der Waals surface area (Å²) in [5, 5.41) is 28.8. The first-order valence-corrected chi connectivity index (χ1v) is 12.8. The van der Waals surface area contributed by atoms with Crippen molar-refractivity contribution < 1.29 is 28.5 Å². The molecule has 3 atom stereocenters. The summed E-state index contributed by atoms with van der Waals surface area (Å²) in [5.74, 6) is 0.409. The molecule has 198 valence electrons. The minimum Gasteiger partial charge on any atom is -0.490 e. The second-order valence-electron chi connectivity index (χ2n) is 9.99. The first-order valence-electron chi connectivity index (χ1n) is 12.8. The third kappa shape index (κ3) is 4.92. The molecule has 0 saturated heterocycles. The predicted molar refractivity (Wildman–Crippen MR) is 130 cm³/mol. The number of fused-ring (bicyclic) bond motifs is 1. The van der Waals surface area contributed by atoms with Crippen LogP contribution in [-0.2, 0) is 5.66 Å². The normalized spacial score (nSPS) is 25.5. The highest BCUT2D eigenvalue weighted by Gasteiger charge is 2.59. The average molecular weight is 515 g/mol. The molecule has 1 aromatic carbocycles. The van der Waals surface area contributed by atoms with E-state index in [0.717, 1.165) is 51.4 Å². The van der Waals surface area contributed by atoms with Crippen LogP contribution in [0.25, 0.3) is 0 Å². The summed E-state index contributed by atoms with van der Waals surface area (Å²) in [4.78, 5) is 35.1. The van der Waals surface area contributed by atoms with Crippen molar-refractivity contribution in [3.8, 4) is 11.5 Å². The molecule has 0 spiro atoms. The van der Waals surface area contributed by atoms with Crippen LogP contribution in [0.4, 0.5) is 10.5 Å². The molecule has 2 saturated carbocycles. The monoisotopic (exact) mass is 514 g/mol. The number of nitro benzene ring substituents is 1. The molecule has 0 radical (unpaired) electrons. The topological polar surface area (TPSA) is 159 Å². The molecule has 12 heteroatoms. The number of nitro groups is 2. The minimum atomic E-state index is -2.03. The van der Waals surface area contributed by atoms with Gasteiger partial charge in [0, 0.05) is 23.6 Å². The van der Waals surface area contributed by atoms with Gasteiger partial charge in [0.2, 0.25) is 5.76 Å². The minimum absolute atomic E-state index is 0.0135. The Balaban J connectivity index is 1.37. The van der Waals surface area contributed by atoms with Gasteiger partial charge in [0.15, 0.2) is 12.4 Å². The van der Waals surface area contributed by atoms with E-state index in [-0.39, 0.29) is 41.9 Å². The number of furan rings is 1. The van der Waals surface area contributed by atoms with Crippen molar-refractivity contribution in [2.45, 2.75) is 81.5 Å². The molecule has 2 aliphatic carbocycles. The van der Waals surface area contributed by atoms with Gasteiger partial charge < -0.3 is 19.2 Å². The van der Waals surface area contributed by atoms with Crippen molar-refractivity contribution in [1.29, 1.82) is 0 Å². The number of carbonyl (C=O) groups is 1. The Morgan fingerprint density at radius 2 is 1.81 bits per heavy atom. The Bertz CT molecular complexity index is 1180. The van der Waals surface area contributed by atoms with Crippen molar-refractivity contribution in [3.63, 3.8) is 0 Å². The third-order valence-corrected chi connectivity index (χ3v) is 7.56. The van der Waals surface area contributed by atoms with Crippen LogP contribution in [-0.4, -0.2) is 34.6 Å². The number of ether oxygens (including phenoxy) is 2. The molecule has 1 aliphatic heterocycles. The maximum absolute atomic E-state index is 12.7. The van der Waals surface area contributed by atoms with E-state index in [9.17, 15) is 25.0 Å². The van der Waals surface area contributed by atoms with Crippen molar-refractivity contribution in [3.05, 3.63) is 62.1 Å². The number of carbonyl (C=O) groups excluding carboxylic acids is 1. The first-order chi connectivity index (χ1) is 17.9. The highest BCUT2D eigenvalue weighted by Crippen LogP contribution is 2.48. The number of nitrogens with one attached hydrogen (secondary N) is 2. The Morgan fingerprint density at radius 3 is 2.57 bits per heavy atom. The number of amides is 2. The second kappa shape index (κ2) is 10.3. The van der Waals surface area contributed by atoms with E-state index < -0.39 is 21.5 Å². The second-order valence-corrected chi connectivity index (χ2v) is 9.99. The molecule has 37 heavy (non-hydrogen) atoms. The van der Waals surface area contributed by atoms with Gasteiger partial charge in [-0.05, 0) is 38.2 Å². The van der Waals surface area contributed by atoms with Gasteiger partial charge in [-0.1, -0.05) is 31.7 Å². The van der Waals surface area contributed by atoms with E-state index in [2.05, 4.69) is 10.6 Å². The number of nitrogens with zero attached hydrogens (tertiary/aromatic N) is 2. The number of benzene rings is 1. The van der Waals surface area contributed by atoms with Crippen LogP contribution in [0.3, 0.4) is 0 Å². The van der Waals surface area contributed by atoms with Crippen LogP contribution in [0.1, 0.15) is 75.0 Å². The van der Waals surface area contributed by atoms with E-state index in [1.165, 1.54) is 18.4 Å². The molecule has 1 unspecified atom stereocenters. The highest BCUT2D eigenvalue weighted by atomic mass is 16.6. The van der Waals surface area contributed by atoms with E-state index >= 15 is 0 Å². The Kier molecular flexibility index (Phi) is 6.90. The lowest BCUT2D eigenvalue weighted by atomic mass is 9.82. The molecule has 1 aromatic heterocycles. The van der Waals surface area contributed by atoms with Gasteiger partial charge in [0.25, 0.3) is 5.69 Å². The standard InChI is InChI=1S/C25H30N4O8/c30-24(26-16-7-2-1-3-8-16)27-25(29(33)34)15-36-22-20(14-35-23(22)25)19-11-4-5-12-21(19)37-18-10-6-9-17(13-18)28(31)32/h6,9-10,13-14,16,19,21H,1-5,7-8,11-12,15H2,(H2,26,27,30)/t19?,21-,25-/m0/s1. The maximum Gasteiger partial charge on any atom is 0.392 e. The zero-order chi connectivity index (χ0) is 26.0. The quantitative estimate of drug-likeness (QED) is 0.304. The van der Waals surface area contributed by atoms with E-state index in [1.807, 2.05) is 0 Å². The molecule has 2 heterocycles. The van der Waals surface area contributed by atoms with Gasteiger partial charge in [-0.15, -0.1) is 0 Å². The van der Waals surface area contributed by atoms with Crippen LogP contribution >= 0.6 is 0 Å². The van der Waals surface area contributed by atoms with E-state index in [0.29, 0.717) is 17.7 Å². The summed E-state index contributed by atoms with van der Waals surface area (Å²) in [6.07, 6.45) is 9.24. The number of urea groups is 1. The van der Waals surface area contributed by atoms with E-state index in [4.69, 9.17) is 13.9 Å². The molecule has 12 nitrogen and oxygen atoms in total. The lowest BCUT2D eigenvalue weighted by Gasteiger charge is -2.31. The molecule has 3 aliphatic rings. The third-order valence-electron chi connectivity index (χ3n) is 7.56. The van der Waals surface area contributed by atoms with Gasteiger partial charge >= 0.3 is 11.7 Å². The van der Waals surface area contributed by atoms with Crippen molar-refractivity contribution >= 4 is 11.7 Å². The van der Waals surface area contributed by atoms with Crippen molar-refractivity contribution in [2.75, 3.05) is 6.61 Å². The van der Waals surface area contributed by atoms with Crippen LogP contribution in [0.2, 0.25) is 0 Å². The van der Waals surface area contributed by atoms with Crippen LogP contribution in [0, 0.1) is 20.2 Å². The maximum atomic E-state index is 12.7. The summed E-state index contributed by atoms with van der Waals surface area (Å²) < 4.78 is 17.7. The fourth-order valence-corrected chi connectivity index (χ4v) is 5.66. The largest absolute Gasteiger partial charge is 0.490 e. The number of hydrogen-bond acceptors (Lipinski definition) is 8. The van der Waals surface area contributed by atoms with Crippen molar-refractivity contribution in [1.82, 2.24) is 10.6 Å². The molecule has 2 aromatic rings. The SMILES string of the molecule is O=C(NC1CCCCC1)N[C@]1([N+](=O)[O-])COc2c(C3CCCC[C@@H]3Oc3cccc([N+](=O)[O-])c3)coc21. The molecule has 2 amide bonds. The Labute approximate surface area is 213 Å². The molecule has 0 bridgehead atoms. The van der Waals surface area contributed by atoms with Crippen LogP contribution < -0.4 is 20.1 Å². The Hall–Kier alpha value is -3.83. The van der Waals surface area contributed by atoms with Gasteiger partial charge in [-0.2, -0.15) is 0 Å². The smallest absolute Gasteiger partial charge is 0.392 e. The number of rotatable bonds is 7. The number of non-ortho nitro benzene ring substituents is 1. The summed E-state index contributed by atoms with van der Waals surface area (Å²) in [6, 6.07) is 5.38. The summed E-state index contributed by atoms with van der Waals surface area (Å²) in [5.41, 5.74) is -1.45. The Morgan fingerprint density at radius 1 is 1.05 bits per heavy atom. The van der Waals surface area contributed by atoms with Gasteiger partial charge in [0.05, 0.1) is 22.2 Å². The predicted octanol–water partition coefficient (Wildman–Crippen LogP) is 4.75. The molecule has 2 fully saturated rings. The highest BCUT2D eigenvalue weighted by molar-refractivity contribution is 5.75. The molecule has 5 rings (SSSR count). The van der Waals surface area contributed by atoms with Gasteiger partial charge in [-0.25, -0.2) is 4.79 Å². The van der Waals surface area contributed by atoms with Gasteiger partial charge in [0.1, 0.15) is 11.9 Å². The number of hydrogen-bond donors (Lipinski definition) is 2. The molecular formula is C25H30N4O8.